The number of anilines is 3. The minimum atomic E-state index is 0.383. The SMILES string of the molecule is BrC1C=CC(c2cc(-c3ccc(N(c4ccccc4)c4ccccc4)cc3)cc(C3=CCC(Br)C=C3)n2)=CC1. The van der Waals surface area contributed by atoms with Crippen LogP contribution in [0.25, 0.3) is 22.3 Å². The summed E-state index contributed by atoms with van der Waals surface area (Å²) in [6, 6.07) is 34.3. The average Bonchev–Trinajstić information content (AvgIpc) is 2.99. The molecule has 4 heteroatoms. The molecule has 0 N–H and O–H groups in total. The first-order chi connectivity index (χ1) is 19.1. The molecule has 2 atom stereocenters. The molecule has 3 aromatic carbocycles. The molecule has 0 saturated heterocycles. The standard InChI is InChI=1S/C35H28Br2N2/c36-29-17-11-26(12-18-29)34-23-28(24-35(38-34)27-13-19-30(37)20-14-27)25-15-21-33(22-16-25)39(31-7-3-1-4-8-31)32-9-5-2-6-10-32/h1-17,19,21-24,29-30H,18,20H2. The van der Waals surface area contributed by atoms with Crippen molar-refractivity contribution in [2.75, 3.05) is 4.90 Å². The van der Waals surface area contributed by atoms with Crippen LogP contribution in [0.2, 0.25) is 0 Å². The maximum Gasteiger partial charge on any atom is 0.0712 e. The van der Waals surface area contributed by atoms with Crippen molar-refractivity contribution in [2.45, 2.75) is 22.5 Å². The van der Waals surface area contributed by atoms with Crippen molar-refractivity contribution >= 4 is 60.1 Å². The lowest BCUT2D eigenvalue weighted by Gasteiger charge is -2.25. The van der Waals surface area contributed by atoms with Crippen LogP contribution in [-0.4, -0.2) is 14.6 Å². The number of benzene rings is 3. The number of allylic oxidation sites excluding steroid dienone is 8. The van der Waals surface area contributed by atoms with Gasteiger partial charge in [0, 0.05) is 26.7 Å². The van der Waals surface area contributed by atoms with E-state index in [2.05, 4.69) is 170 Å². The summed E-state index contributed by atoms with van der Waals surface area (Å²) in [7, 11) is 0. The average molecular weight is 636 g/mol. The van der Waals surface area contributed by atoms with E-state index >= 15 is 0 Å². The molecule has 4 aromatic rings. The van der Waals surface area contributed by atoms with Gasteiger partial charge in [0.25, 0.3) is 0 Å². The molecule has 0 saturated carbocycles. The Morgan fingerprint density at radius 3 is 1.46 bits per heavy atom. The van der Waals surface area contributed by atoms with Gasteiger partial charge in [-0.2, -0.15) is 0 Å². The molecule has 0 fully saturated rings. The van der Waals surface area contributed by atoms with Crippen molar-refractivity contribution in [1.82, 2.24) is 4.98 Å². The Hall–Kier alpha value is -3.47. The van der Waals surface area contributed by atoms with E-state index < -0.39 is 0 Å². The van der Waals surface area contributed by atoms with Crippen molar-refractivity contribution in [2.24, 2.45) is 0 Å². The largest absolute Gasteiger partial charge is 0.311 e. The predicted octanol–water partition coefficient (Wildman–Crippen LogP) is 10.4. The molecule has 2 nitrogen and oxygen atoms in total. The van der Waals surface area contributed by atoms with Gasteiger partial charge >= 0.3 is 0 Å². The van der Waals surface area contributed by atoms with E-state index in [0.717, 1.165) is 46.9 Å². The quantitative estimate of drug-likeness (QED) is 0.196. The number of halogens is 2. The smallest absolute Gasteiger partial charge is 0.0712 e. The van der Waals surface area contributed by atoms with Gasteiger partial charge in [-0.3, -0.25) is 0 Å². The van der Waals surface area contributed by atoms with Gasteiger partial charge in [-0.15, -0.1) is 0 Å². The van der Waals surface area contributed by atoms with E-state index in [1.54, 1.807) is 0 Å². The third-order valence-corrected chi connectivity index (χ3v) is 8.36. The molecule has 0 amide bonds. The molecule has 39 heavy (non-hydrogen) atoms. The fraction of sp³-hybridized carbons (Fsp3) is 0.114. The summed E-state index contributed by atoms with van der Waals surface area (Å²) in [5.41, 5.74) is 10.1. The minimum absolute atomic E-state index is 0.383. The van der Waals surface area contributed by atoms with Crippen molar-refractivity contribution in [3.8, 4) is 11.1 Å². The number of alkyl halides is 2. The van der Waals surface area contributed by atoms with Gasteiger partial charge in [0.05, 0.1) is 11.4 Å². The van der Waals surface area contributed by atoms with Gasteiger partial charge in [0.2, 0.25) is 0 Å². The molecule has 6 rings (SSSR count). The second-order valence-corrected chi connectivity index (χ2v) is 12.1. The van der Waals surface area contributed by atoms with Crippen LogP contribution < -0.4 is 4.90 Å². The zero-order chi connectivity index (χ0) is 26.6. The van der Waals surface area contributed by atoms with Crippen LogP contribution in [0.4, 0.5) is 17.1 Å². The Labute approximate surface area is 247 Å². The van der Waals surface area contributed by atoms with Gasteiger partial charge in [-0.25, -0.2) is 4.98 Å². The van der Waals surface area contributed by atoms with Crippen LogP contribution in [0.5, 0.6) is 0 Å². The summed E-state index contributed by atoms with van der Waals surface area (Å²) in [6.07, 6.45) is 15.2. The van der Waals surface area contributed by atoms with Gasteiger partial charge in [0.15, 0.2) is 0 Å². The van der Waals surface area contributed by atoms with Crippen LogP contribution in [0.15, 0.2) is 134 Å². The number of nitrogens with zero attached hydrogens (tertiary/aromatic N) is 2. The summed E-state index contributed by atoms with van der Waals surface area (Å²) in [5, 5.41) is 0. The van der Waals surface area contributed by atoms with E-state index in [1.807, 2.05) is 0 Å². The molecule has 2 aliphatic rings. The third kappa shape index (κ3) is 5.93. The van der Waals surface area contributed by atoms with Crippen molar-refractivity contribution in [3.05, 3.63) is 145 Å². The van der Waals surface area contributed by atoms with Gasteiger partial charge < -0.3 is 4.90 Å². The topological polar surface area (TPSA) is 16.1 Å². The molecule has 0 spiro atoms. The van der Waals surface area contributed by atoms with E-state index in [-0.39, 0.29) is 0 Å². The highest BCUT2D eigenvalue weighted by molar-refractivity contribution is 9.09. The minimum Gasteiger partial charge on any atom is -0.311 e. The Balaban J connectivity index is 1.40. The van der Waals surface area contributed by atoms with Gasteiger partial charge in [-0.05, 0) is 83.6 Å². The Bertz CT molecular complexity index is 1470. The van der Waals surface area contributed by atoms with E-state index in [1.165, 1.54) is 16.7 Å². The molecule has 2 aliphatic carbocycles. The number of aromatic nitrogens is 1. The second kappa shape index (κ2) is 11.7. The molecule has 0 aliphatic heterocycles. The van der Waals surface area contributed by atoms with Crippen molar-refractivity contribution < 1.29 is 0 Å². The predicted molar refractivity (Wildman–Crippen MR) is 173 cm³/mol. The van der Waals surface area contributed by atoms with E-state index in [0.29, 0.717) is 9.65 Å². The Morgan fingerprint density at radius 2 is 1.03 bits per heavy atom. The van der Waals surface area contributed by atoms with E-state index in [4.69, 9.17) is 4.98 Å². The molecule has 0 bridgehead atoms. The normalized spacial score (nSPS) is 18.4. The molecule has 1 heterocycles. The van der Waals surface area contributed by atoms with Crippen LogP contribution in [0, 0.1) is 0 Å². The monoisotopic (exact) mass is 634 g/mol. The third-order valence-electron chi connectivity index (χ3n) is 7.00. The Kier molecular flexibility index (Phi) is 7.76. The highest BCUT2D eigenvalue weighted by atomic mass is 79.9. The lowest BCUT2D eigenvalue weighted by atomic mass is 9.96. The summed E-state index contributed by atoms with van der Waals surface area (Å²) >= 11 is 7.39. The zero-order valence-corrected chi connectivity index (χ0v) is 24.6. The van der Waals surface area contributed by atoms with Crippen LogP contribution >= 0.6 is 31.9 Å². The highest BCUT2D eigenvalue weighted by Crippen LogP contribution is 2.36. The molecule has 0 radical (unpaired) electrons. The summed E-state index contributed by atoms with van der Waals surface area (Å²) < 4.78 is 0. The van der Waals surface area contributed by atoms with Crippen LogP contribution in [-0.2, 0) is 0 Å². The molecule has 192 valence electrons. The lowest BCUT2D eigenvalue weighted by Crippen LogP contribution is -2.09. The van der Waals surface area contributed by atoms with E-state index in [9.17, 15) is 0 Å². The summed E-state index contributed by atoms with van der Waals surface area (Å²) in [4.78, 5) is 8.16. The second-order valence-electron chi connectivity index (χ2n) is 9.72. The number of hydrogen-bond acceptors (Lipinski definition) is 2. The van der Waals surface area contributed by atoms with Crippen LogP contribution in [0.3, 0.4) is 0 Å². The Morgan fingerprint density at radius 1 is 0.564 bits per heavy atom. The molecule has 2 unspecified atom stereocenters. The fourth-order valence-corrected chi connectivity index (χ4v) is 5.64. The maximum absolute atomic E-state index is 5.10. The molecule has 1 aromatic heterocycles. The first-order valence-electron chi connectivity index (χ1n) is 13.2. The maximum atomic E-state index is 5.10. The number of pyridine rings is 1. The van der Waals surface area contributed by atoms with Crippen molar-refractivity contribution in [1.29, 1.82) is 0 Å². The number of rotatable bonds is 6. The first-order valence-corrected chi connectivity index (χ1v) is 15.1. The fourth-order valence-electron chi connectivity index (χ4n) is 4.97. The summed E-state index contributed by atoms with van der Waals surface area (Å²) in [6.45, 7) is 0. The molecular formula is C35H28Br2N2. The molecular weight excluding hydrogens is 608 g/mol. The number of para-hydroxylation sites is 2. The summed E-state index contributed by atoms with van der Waals surface area (Å²) in [5.74, 6) is 0. The first kappa shape index (κ1) is 25.8. The number of hydrogen-bond donors (Lipinski definition) is 0. The zero-order valence-electron chi connectivity index (χ0n) is 21.4. The van der Waals surface area contributed by atoms with Crippen LogP contribution in [0.1, 0.15) is 24.2 Å². The van der Waals surface area contributed by atoms with Gasteiger partial charge in [0.1, 0.15) is 0 Å². The highest BCUT2D eigenvalue weighted by Gasteiger charge is 2.16. The van der Waals surface area contributed by atoms with Crippen molar-refractivity contribution in [3.63, 3.8) is 0 Å². The van der Waals surface area contributed by atoms with Gasteiger partial charge in [-0.1, -0.05) is 117 Å². The lowest BCUT2D eigenvalue weighted by molar-refractivity contribution is 1.07.